The monoisotopic (exact) mass is 307 g/mol. The third kappa shape index (κ3) is 4.00. The van der Waals surface area contributed by atoms with Crippen LogP contribution in [0.25, 0.3) is 0 Å². The molecule has 0 atom stereocenters. The summed E-state index contributed by atoms with van der Waals surface area (Å²) in [6.45, 7) is 13.2. The average Bonchev–Trinajstić information content (AvgIpc) is 2.31. The number of hydrogen-bond acceptors (Lipinski definition) is 6. The van der Waals surface area contributed by atoms with Crippen LogP contribution in [0.15, 0.2) is 0 Å². The molecule has 2 heterocycles. The van der Waals surface area contributed by atoms with E-state index in [0.29, 0.717) is 35.9 Å². The first-order chi connectivity index (χ1) is 10.1. The van der Waals surface area contributed by atoms with Gasteiger partial charge in [0.1, 0.15) is 11.5 Å². The Hall–Kier alpha value is -1.56. The highest BCUT2D eigenvalue weighted by Gasteiger charge is 2.38. The number of nitrogen functional groups attached to an aromatic ring is 1. The van der Waals surface area contributed by atoms with Crippen LogP contribution in [-0.4, -0.2) is 33.7 Å². The first-order valence-corrected chi connectivity index (χ1v) is 7.95. The summed E-state index contributed by atoms with van der Waals surface area (Å²) in [5, 5.41) is 7.18. The van der Waals surface area contributed by atoms with Gasteiger partial charge >= 0.3 is 0 Å². The average molecular weight is 307 g/mol. The van der Waals surface area contributed by atoms with E-state index in [4.69, 9.17) is 10.5 Å². The fourth-order valence-electron chi connectivity index (χ4n) is 3.53. The molecule has 1 aliphatic heterocycles. The van der Waals surface area contributed by atoms with E-state index in [2.05, 4.69) is 48.3 Å². The molecule has 0 aromatic carbocycles. The van der Waals surface area contributed by atoms with E-state index in [0.717, 1.165) is 12.8 Å². The Morgan fingerprint density at radius 2 is 1.82 bits per heavy atom. The van der Waals surface area contributed by atoms with E-state index in [-0.39, 0.29) is 11.1 Å². The summed E-state index contributed by atoms with van der Waals surface area (Å²) in [6, 6.07) is 0.303. The molecule has 1 fully saturated rings. The van der Waals surface area contributed by atoms with E-state index in [1.165, 1.54) is 0 Å². The van der Waals surface area contributed by atoms with Gasteiger partial charge in [-0.1, -0.05) is 0 Å². The van der Waals surface area contributed by atoms with Gasteiger partial charge in [0.15, 0.2) is 5.82 Å². The molecule has 0 aliphatic carbocycles. The molecule has 124 valence electrons. The zero-order chi connectivity index (χ0) is 16.5. The Morgan fingerprint density at radius 1 is 1.23 bits per heavy atom. The summed E-state index contributed by atoms with van der Waals surface area (Å²) < 4.78 is 5.50. The standard InChI is InChI=1S/C16H29N5O/c1-7-22-14-12(17)13(18-10(2)19-14)20-11-8-15(3,4)21-16(5,6)9-11/h11,21H,7-9,17H2,1-6H3,(H,18,19,20). The van der Waals surface area contributed by atoms with Gasteiger partial charge in [0, 0.05) is 17.1 Å². The van der Waals surface area contributed by atoms with Crippen molar-refractivity contribution in [2.75, 3.05) is 17.7 Å². The molecular formula is C16H29N5O. The maximum absolute atomic E-state index is 6.16. The third-order valence-corrected chi connectivity index (χ3v) is 3.83. The molecular weight excluding hydrogens is 278 g/mol. The lowest BCUT2D eigenvalue weighted by Gasteiger charge is -2.46. The molecule has 1 aromatic heterocycles. The maximum atomic E-state index is 6.16. The maximum Gasteiger partial charge on any atom is 0.242 e. The molecule has 22 heavy (non-hydrogen) atoms. The first-order valence-electron chi connectivity index (χ1n) is 7.95. The number of aryl methyl sites for hydroxylation is 1. The van der Waals surface area contributed by atoms with Crippen LogP contribution in [0.5, 0.6) is 5.88 Å². The van der Waals surface area contributed by atoms with Crippen molar-refractivity contribution in [2.45, 2.75) is 71.5 Å². The summed E-state index contributed by atoms with van der Waals surface area (Å²) in [5.74, 6) is 1.80. The molecule has 4 N–H and O–H groups in total. The number of piperidine rings is 1. The minimum atomic E-state index is 0.0685. The van der Waals surface area contributed by atoms with Crippen LogP contribution in [0.2, 0.25) is 0 Å². The SMILES string of the molecule is CCOc1nc(C)nc(NC2CC(C)(C)NC(C)(C)C2)c1N. The van der Waals surface area contributed by atoms with Crippen molar-refractivity contribution in [3.05, 3.63) is 5.82 Å². The van der Waals surface area contributed by atoms with Crippen LogP contribution in [0, 0.1) is 6.92 Å². The van der Waals surface area contributed by atoms with Gasteiger partial charge < -0.3 is 21.1 Å². The number of ether oxygens (including phenoxy) is 1. The second-order valence-electron chi connectivity index (χ2n) is 7.41. The number of nitrogens with two attached hydrogens (primary N) is 1. The lowest BCUT2D eigenvalue weighted by atomic mass is 9.79. The van der Waals surface area contributed by atoms with Gasteiger partial charge in [-0.3, -0.25) is 0 Å². The Labute approximate surface area is 133 Å². The number of aromatic nitrogens is 2. The first kappa shape index (κ1) is 16.8. The van der Waals surface area contributed by atoms with Crippen LogP contribution in [0.3, 0.4) is 0 Å². The lowest BCUT2D eigenvalue weighted by Crippen LogP contribution is -2.60. The number of rotatable bonds is 4. The molecule has 0 radical (unpaired) electrons. The Bertz CT molecular complexity index is 526. The molecule has 2 rings (SSSR count). The molecule has 0 unspecified atom stereocenters. The van der Waals surface area contributed by atoms with Gasteiger partial charge in [-0.2, -0.15) is 4.98 Å². The van der Waals surface area contributed by atoms with Crippen molar-refractivity contribution in [3.63, 3.8) is 0 Å². The molecule has 1 aliphatic rings. The van der Waals surface area contributed by atoms with E-state index < -0.39 is 0 Å². The summed E-state index contributed by atoms with van der Waals surface area (Å²) in [6.07, 6.45) is 2.01. The predicted molar refractivity (Wildman–Crippen MR) is 90.3 cm³/mol. The third-order valence-electron chi connectivity index (χ3n) is 3.83. The van der Waals surface area contributed by atoms with Gasteiger partial charge in [-0.25, -0.2) is 4.98 Å². The molecule has 0 amide bonds. The minimum absolute atomic E-state index is 0.0685. The van der Waals surface area contributed by atoms with Crippen molar-refractivity contribution in [1.82, 2.24) is 15.3 Å². The fraction of sp³-hybridized carbons (Fsp3) is 0.750. The van der Waals surface area contributed by atoms with Crippen LogP contribution in [-0.2, 0) is 0 Å². The number of nitrogens with zero attached hydrogens (tertiary/aromatic N) is 2. The number of nitrogens with one attached hydrogen (secondary N) is 2. The Morgan fingerprint density at radius 3 is 2.36 bits per heavy atom. The molecule has 0 saturated carbocycles. The number of anilines is 2. The van der Waals surface area contributed by atoms with Crippen molar-refractivity contribution in [3.8, 4) is 5.88 Å². The second kappa shape index (κ2) is 5.91. The van der Waals surface area contributed by atoms with Crippen LogP contribution in [0.1, 0.15) is 53.3 Å². The van der Waals surface area contributed by atoms with E-state index in [1.54, 1.807) is 0 Å². The second-order valence-corrected chi connectivity index (χ2v) is 7.41. The summed E-state index contributed by atoms with van der Waals surface area (Å²) in [4.78, 5) is 8.72. The van der Waals surface area contributed by atoms with Crippen molar-refractivity contribution < 1.29 is 4.74 Å². The van der Waals surface area contributed by atoms with Crippen molar-refractivity contribution in [1.29, 1.82) is 0 Å². The summed E-state index contributed by atoms with van der Waals surface area (Å²) in [5.41, 5.74) is 6.79. The quantitative estimate of drug-likeness (QED) is 0.792. The smallest absolute Gasteiger partial charge is 0.242 e. The summed E-state index contributed by atoms with van der Waals surface area (Å²) >= 11 is 0. The van der Waals surface area contributed by atoms with Crippen LogP contribution >= 0.6 is 0 Å². The highest BCUT2D eigenvalue weighted by atomic mass is 16.5. The highest BCUT2D eigenvalue weighted by molar-refractivity contribution is 5.67. The number of hydrogen-bond donors (Lipinski definition) is 3. The predicted octanol–water partition coefficient (Wildman–Crippen LogP) is 2.49. The van der Waals surface area contributed by atoms with E-state index in [9.17, 15) is 0 Å². The van der Waals surface area contributed by atoms with Gasteiger partial charge in [0.05, 0.1) is 6.61 Å². The van der Waals surface area contributed by atoms with Crippen molar-refractivity contribution in [2.24, 2.45) is 0 Å². The lowest BCUT2D eigenvalue weighted by molar-refractivity contribution is 0.170. The minimum Gasteiger partial charge on any atom is -0.476 e. The summed E-state index contributed by atoms with van der Waals surface area (Å²) in [7, 11) is 0. The van der Waals surface area contributed by atoms with Gasteiger partial charge in [0.2, 0.25) is 5.88 Å². The zero-order valence-corrected chi connectivity index (χ0v) is 14.6. The van der Waals surface area contributed by atoms with Gasteiger partial charge in [0.25, 0.3) is 0 Å². The zero-order valence-electron chi connectivity index (χ0n) is 14.6. The molecule has 1 saturated heterocycles. The van der Waals surface area contributed by atoms with E-state index >= 15 is 0 Å². The Kier molecular flexibility index (Phi) is 4.52. The molecule has 0 bridgehead atoms. The van der Waals surface area contributed by atoms with Crippen LogP contribution < -0.4 is 21.1 Å². The molecule has 0 spiro atoms. The molecule has 6 nitrogen and oxygen atoms in total. The fourth-order valence-corrected chi connectivity index (χ4v) is 3.53. The van der Waals surface area contributed by atoms with Crippen LogP contribution in [0.4, 0.5) is 11.5 Å². The van der Waals surface area contributed by atoms with E-state index in [1.807, 2.05) is 13.8 Å². The van der Waals surface area contributed by atoms with Gasteiger partial charge in [-0.05, 0) is 54.4 Å². The Balaban J connectivity index is 2.23. The molecule has 6 heteroatoms. The normalized spacial score (nSPS) is 20.6. The highest BCUT2D eigenvalue weighted by Crippen LogP contribution is 2.33. The van der Waals surface area contributed by atoms with Gasteiger partial charge in [-0.15, -0.1) is 0 Å². The van der Waals surface area contributed by atoms with Crippen molar-refractivity contribution >= 4 is 11.5 Å². The largest absolute Gasteiger partial charge is 0.476 e. The molecule has 1 aromatic rings. The topological polar surface area (TPSA) is 85.1 Å².